The second kappa shape index (κ2) is 6.61. The minimum atomic E-state index is -0.240. The van der Waals surface area contributed by atoms with Crippen molar-refractivity contribution in [1.29, 1.82) is 0 Å². The van der Waals surface area contributed by atoms with Gasteiger partial charge >= 0.3 is 0 Å². The number of likely N-dealkylation sites (N-methyl/N-ethyl adjacent to an activating group) is 1. The molecule has 1 aromatic heterocycles. The largest absolute Gasteiger partial charge is 0.339 e. The van der Waals surface area contributed by atoms with Crippen LogP contribution in [0.3, 0.4) is 0 Å². The van der Waals surface area contributed by atoms with Crippen molar-refractivity contribution in [2.75, 3.05) is 7.05 Å². The molecule has 108 valence electrons. The number of benzene rings is 1. The number of nitrogens with zero attached hydrogens (tertiary/aromatic N) is 2. The van der Waals surface area contributed by atoms with Gasteiger partial charge in [-0.1, -0.05) is 31.1 Å². The van der Waals surface area contributed by atoms with Crippen LogP contribution in [0.25, 0.3) is 0 Å². The van der Waals surface area contributed by atoms with E-state index in [2.05, 4.69) is 29.3 Å². The van der Waals surface area contributed by atoms with Gasteiger partial charge in [0, 0.05) is 12.5 Å². The summed E-state index contributed by atoms with van der Waals surface area (Å²) in [7, 11) is 1.93. The van der Waals surface area contributed by atoms with E-state index in [4.69, 9.17) is 4.52 Å². The molecule has 0 amide bonds. The average molecular weight is 277 g/mol. The van der Waals surface area contributed by atoms with Gasteiger partial charge in [0.15, 0.2) is 5.82 Å². The van der Waals surface area contributed by atoms with Crippen molar-refractivity contribution < 1.29 is 8.91 Å². The molecule has 5 heteroatoms. The summed E-state index contributed by atoms with van der Waals surface area (Å²) in [5.74, 6) is 1.20. The Morgan fingerprint density at radius 3 is 2.60 bits per heavy atom. The van der Waals surface area contributed by atoms with E-state index in [9.17, 15) is 4.39 Å². The zero-order valence-electron chi connectivity index (χ0n) is 12.1. The Morgan fingerprint density at radius 1 is 1.30 bits per heavy atom. The lowest BCUT2D eigenvalue weighted by Gasteiger charge is -2.18. The first-order chi connectivity index (χ1) is 9.63. The molecule has 0 aliphatic carbocycles. The SMILES string of the molecule is CCC(NC)C(C)c1nc(Cc2ccc(F)cc2)no1. The predicted molar refractivity (Wildman–Crippen MR) is 75.1 cm³/mol. The highest BCUT2D eigenvalue weighted by molar-refractivity contribution is 5.19. The molecule has 2 atom stereocenters. The quantitative estimate of drug-likeness (QED) is 0.882. The van der Waals surface area contributed by atoms with Crippen LogP contribution in [0.5, 0.6) is 0 Å². The molecule has 0 aliphatic rings. The standard InChI is InChI=1S/C15H20FN3O/c1-4-13(17-3)10(2)15-18-14(19-20-15)9-11-5-7-12(16)8-6-11/h5-8,10,13,17H,4,9H2,1-3H3. The second-order valence-electron chi connectivity index (χ2n) is 4.94. The maximum absolute atomic E-state index is 12.8. The fraction of sp³-hybridized carbons (Fsp3) is 0.467. The summed E-state index contributed by atoms with van der Waals surface area (Å²) in [6.07, 6.45) is 1.54. The normalized spacial score (nSPS) is 14.2. The van der Waals surface area contributed by atoms with Gasteiger partial charge < -0.3 is 9.84 Å². The summed E-state index contributed by atoms with van der Waals surface area (Å²) in [5.41, 5.74) is 0.965. The first kappa shape index (κ1) is 14.7. The van der Waals surface area contributed by atoms with E-state index in [0.29, 0.717) is 24.2 Å². The zero-order valence-corrected chi connectivity index (χ0v) is 12.1. The number of rotatable bonds is 6. The first-order valence-electron chi connectivity index (χ1n) is 6.88. The summed E-state index contributed by atoms with van der Waals surface area (Å²) >= 11 is 0. The van der Waals surface area contributed by atoms with Crippen LogP contribution in [0.1, 0.15) is 43.5 Å². The van der Waals surface area contributed by atoms with Crippen molar-refractivity contribution >= 4 is 0 Å². The molecule has 1 N–H and O–H groups in total. The number of aromatic nitrogens is 2. The molecule has 20 heavy (non-hydrogen) atoms. The molecule has 2 rings (SSSR count). The van der Waals surface area contributed by atoms with Gasteiger partial charge in [-0.3, -0.25) is 0 Å². The monoisotopic (exact) mass is 277 g/mol. The lowest BCUT2D eigenvalue weighted by Crippen LogP contribution is -2.30. The molecule has 0 radical (unpaired) electrons. The number of nitrogens with one attached hydrogen (secondary N) is 1. The minimum Gasteiger partial charge on any atom is -0.339 e. The summed E-state index contributed by atoms with van der Waals surface area (Å²) in [5, 5.41) is 7.24. The Hall–Kier alpha value is -1.75. The Morgan fingerprint density at radius 2 is 2.00 bits per heavy atom. The van der Waals surface area contributed by atoms with Crippen LogP contribution in [0.2, 0.25) is 0 Å². The van der Waals surface area contributed by atoms with Gasteiger partial charge in [0.05, 0.1) is 5.92 Å². The van der Waals surface area contributed by atoms with E-state index in [1.807, 2.05) is 7.05 Å². The minimum absolute atomic E-state index is 0.166. The molecule has 0 bridgehead atoms. The first-order valence-corrected chi connectivity index (χ1v) is 6.88. The maximum atomic E-state index is 12.8. The Balaban J connectivity index is 2.07. The highest BCUT2D eigenvalue weighted by atomic mass is 19.1. The van der Waals surface area contributed by atoms with Crippen LogP contribution >= 0.6 is 0 Å². The van der Waals surface area contributed by atoms with E-state index in [0.717, 1.165) is 12.0 Å². The van der Waals surface area contributed by atoms with Gasteiger partial charge in [0.1, 0.15) is 5.82 Å². The van der Waals surface area contributed by atoms with E-state index in [1.54, 1.807) is 12.1 Å². The Bertz CT molecular complexity index is 534. The van der Waals surface area contributed by atoms with Crippen LogP contribution in [0.15, 0.2) is 28.8 Å². The van der Waals surface area contributed by atoms with Crippen molar-refractivity contribution in [3.8, 4) is 0 Å². The van der Waals surface area contributed by atoms with Gasteiger partial charge in [0.25, 0.3) is 0 Å². The molecular formula is C15H20FN3O. The Kier molecular flexibility index (Phi) is 4.84. The molecular weight excluding hydrogens is 257 g/mol. The topological polar surface area (TPSA) is 51.0 Å². The van der Waals surface area contributed by atoms with Crippen molar-refractivity contribution in [2.24, 2.45) is 0 Å². The maximum Gasteiger partial charge on any atom is 0.231 e. The smallest absolute Gasteiger partial charge is 0.231 e. The molecule has 0 fully saturated rings. The number of hydrogen-bond donors (Lipinski definition) is 1. The highest BCUT2D eigenvalue weighted by Crippen LogP contribution is 2.20. The van der Waals surface area contributed by atoms with Crippen LogP contribution in [0, 0.1) is 5.82 Å². The second-order valence-corrected chi connectivity index (χ2v) is 4.94. The molecule has 4 nitrogen and oxygen atoms in total. The third kappa shape index (κ3) is 3.42. The summed E-state index contributed by atoms with van der Waals surface area (Å²) in [4.78, 5) is 4.43. The fourth-order valence-corrected chi connectivity index (χ4v) is 2.29. The number of halogens is 1. The van der Waals surface area contributed by atoms with E-state index in [-0.39, 0.29) is 11.7 Å². The van der Waals surface area contributed by atoms with Gasteiger partial charge in [-0.2, -0.15) is 4.98 Å². The van der Waals surface area contributed by atoms with Crippen LogP contribution in [-0.2, 0) is 6.42 Å². The fourth-order valence-electron chi connectivity index (χ4n) is 2.29. The van der Waals surface area contributed by atoms with Gasteiger partial charge in [-0.25, -0.2) is 4.39 Å². The van der Waals surface area contributed by atoms with Crippen molar-refractivity contribution in [2.45, 2.75) is 38.6 Å². The van der Waals surface area contributed by atoms with Crippen LogP contribution in [0.4, 0.5) is 4.39 Å². The molecule has 2 unspecified atom stereocenters. The molecule has 0 saturated heterocycles. The number of hydrogen-bond acceptors (Lipinski definition) is 4. The predicted octanol–water partition coefficient (Wildman–Crippen LogP) is 2.90. The third-order valence-corrected chi connectivity index (χ3v) is 3.56. The van der Waals surface area contributed by atoms with E-state index in [1.165, 1.54) is 12.1 Å². The average Bonchev–Trinajstić information content (AvgIpc) is 2.91. The van der Waals surface area contributed by atoms with Crippen molar-refractivity contribution in [1.82, 2.24) is 15.5 Å². The highest BCUT2D eigenvalue weighted by Gasteiger charge is 2.21. The van der Waals surface area contributed by atoms with E-state index < -0.39 is 0 Å². The summed E-state index contributed by atoms with van der Waals surface area (Å²) in [6.45, 7) is 4.19. The molecule has 0 aliphatic heterocycles. The molecule has 2 aromatic rings. The zero-order chi connectivity index (χ0) is 14.5. The van der Waals surface area contributed by atoms with Gasteiger partial charge in [0.2, 0.25) is 5.89 Å². The summed E-state index contributed by atoms with van der Waals surface area (Å²) < 4.78 is 18.2. The molecule has 1 heterocycles. The van der Waals surface area contributed by atoms with Gasteiger partial charge in [-0.15, -0.1) is 0 Å². The van der Waals surface area contributed by atoms with Crippen molar-refractivity contribution in [3.05, 3.63) is 47.4 Å². The lowest BCUT2D eigenvalue weighted by atomic mass is 10.00. The molecule has 0 saturated carbocycles. The third-order valence-electron chi connectivity index (χ3n) is 3.56. The van der Waals surface area contributed by atoms with Crippen LogP contribution < -0.4 is 5.32 Å². The van der Waals surface area contributed by atoms with Gasteiger partial charge in [-0.05, 0) is 31.2 Å². The summed E-state index contributed by atoms with van der Waals surface area (Å²) in [6, 6.07) is 6.66. The van der Waals surface area contributed by atoms with E-state index >= 15 is 0 Å². The van der Waals surface area contributed by atoms with Crippen LogP contribution in [-0.4, -0.2) is 23.2 Å². The Labute approximate surface area is 118 Å². The molecule has 0 spiro atoms. The lowest BCUT2D eigenvalue weighted by molar-refractivity contribution is 0.324. The molecule has 1 aromatic carbocycles. The van der Waals surface area contributed by atoms with Crippen molar-refractivity contribution in [3.63, 3.8) is 0 Å².